The number of hydrogen-bond donors (Lipinski definition) is 2. The summed E-state index contributed by atoms with van der Waals surface area (Å²) in [7, 11) is 1.62. The molecule has 0 radical (unpaired) electrons. The van der Waals surface area contributed by atoms with Gasteiger partial charge in [0.15, 0.2) is 0 Å². The molecule has 0 saturated heterocycles. The molecule has 2 N–H and O–H groups in total. The van der Waals surface area contributed by atoms with Gasteiger partial charge in [-0.2, -0.15) is 5.26 Å². The highest BCUT2D eigenvalue weighted by Crippen LogP contribution is 2.12. The number of carbonyl (C=O) groups excluding carboxylic acids is 1. The van der Waals surface area contributed by atoms with Gasteiger partial charge in [0, 0.05) is 24.3 Å². The minimum Gasteiger partial charge on any atom is -0.497 e. The lowest BCUT2D eigenvalue weighted by Crippen LogP contribution is -2.28. The molecule has 0 fully saturated rings. The summed E-state index contributed by atoms with van der Waals surface area (Å²) in [5.41, 5.74) is 2.22. The Morgan fingerprint density at radius 1 is 1.15 bits per heavy atom. The molecule has 2 aromatic carbocycles. The maximum Gasteiger partial charge on any atom is 0.263 e. The van der Waals surface area contributed by atoms with Gasteiger partial charge in [-0.3, -0.25) is 4.79 Å². The molecule has 140 valence electrons. The fourth-order valence-corrected chi connectivity index (χ4v) is 2.65. The molecule has 6 heteroatoms. The van der Waals surface area contributed by atoms with Gasteiger partial charge in [0.1, 0.15) is 17.4 Å². The highest BCUT2D eigenvalue weighted by Gasteiger charge is 2.08. The molecule has 27 heavy (non-hydrogen) atoms. The van der Waals surface area contributed by atoms with Crippen molar-refractivity contribution in [1.29, 1.82) is 5.26 Å². The fraction of sp³-hybridized carbons (Fsp3) is 0.238. The Morgan fingerprint density at radius 3 is 2.56 bits per heavy atom. The smallest absolute Gasteiger partial charge is 0.263 e. The summed E-state index contributed by atoms with van der Waals surface area (Å²) in [5.74, 6) is 0.405. The van der Waals surface area contributed by atoms with E-state index in [4.69, 9.17) is 16.3 Å². The van der Waals surface area contributed by atoms with Crippen molar-refractivity contribution in [3.63, 3.8) is 0 Å². The van der Waals surface area contributed by atoms with Crippen LogP contribution in [0.5, 0.6) is 5.75 Å². The van der Waals surface area contributed by atoms with Crippen LogP contribution in [0.4, 0.5) is 0 Å². The Balaban J connectivity index is 1.75. The second-order valence-electron chi connectivity index (χ2n) is 5.86. The average molecular weight is 384 g/mol. The molecule has 0 aliphatic heterocycles. The first-order valence-corrected chi connectivity index (χ1v) is 8.99. The van der Waals surface area contributed by atoms with Crippen molar-refractivity contribution in [2.45, 2.75) is 12.8 Å². The van der Waals surface area contributed by atoms with Gasteiger partial charge in [0.25, 0.3) is 5.91 Å². The zero-order valence-corrected chi connectivity index (χ0v) is 15.9. The minimum atomic E-state index is -0.388. The minimum absolute atomic E-state index is 0.0517. The van der Waals surface area contributed by atoms with Gasteiger partial charge in [0.05, 0.1) is 7.11 Å². The van der Waals surface area contributed by atoms with E-state index in [9.17, 15) is 10.1 Å². The third-order valence-corrected chi connectivity index (χ3v) is 4.15. The lowest BCUT2D eigenvalue weighted by atomic mass is 10.1. The summed E-state index contributed by atoms with van der Waals surface area (Å²) < 4.78 is 5.11. The van der Waals surface area contributed by atoms with E-state index in [1.165, 1.54) is 6.20 Å². The van der Waals surface area contributed by atoms with E-state index >= 15 is 0 Å². The largest absolute Gasteiger partial charge is 0.497 e. The van der Waals surface area contributed by atoms with Crippen LogP contribution in [-0.4, -0.2) is 26.1 Å². The van der Waals surface area contributed by atoms with Gasteiger partial charge < -0.3 is 15.4 Å². The predicted octanol–water partition coefficient (Wildman–Crippen LogP) is 3.25. The molecule has 0 saturated carbocycles. The Labute approximate surface area is 164 Å². The normalized spacial score (nSPS) is 10.8. The van der Waals surface area contributed by atoms with Crippen molar-refractivity contribution in [1.82, 2.24) is 10.6 Å². The number of rotatable bonds is 9. The summed E-state index contributed by atoms with van der Waals surface area (Å²) in [4.78, 5) is 12.1. The molecule has 0 bridgehead atoms. The van der Waals surface area contributed by atoms with Gasteiger partial charge in [-0.25, -0.2) is 0 Å². The molecule has 5 nitrogen and oxygen atoms in total. The molecular weight excluding hydrogens is 362 g/mol. The standard InChI is InChI=1S/C21H22ClN3O2/c1-27-20-7-5-16(6-8-20)10-12-25-21(26)18(14-23)15-24-11-9-17-3-2-4-19(22)13-17/h2-8,13,15,24H,9-12H2,1H3,(H,25,26)/b18-15-. The van der Waals surface area contributed by atoms with Crippen LogP contribution in [0.25, 0.3) is 0 Å². The zero-order chi connectivity index (χ0) is 19.5. The molecule has 0 unspecified atom stereocenters. The highest BCUT2D eigenvalue weighted by atomic mass is 35.5. The molecule has 0 spiro atoms. The van der Waals surface area contributed by atoms with Crippen LogP contribution in [0.3, 0.4) is 0 Å². The number of amides is 1. The third-order valence-electron chi connectivity index (χ3n) is 3.92. The number of hydrogen-bond acceptors (Lipinski definition) is 4. The van der Waals surface area contributed by atoms with Crippen LogP contribution in [0.2, 0.25) is 5.02 Å². The highest BCUT2D eigenvalue weighted by molar-refractivity contribution is 6.30. The van der Waals surface area contributed by atoms with Crippen molar-refractivity contribution in [3.05, 3.63) is 76.5 Å². The van der Waals surface area contributed by atoms with Crippen LogP contribution in [0.1, 0.15) is 11.1 Å². The zero-order valence-electron chi connectivity index (χ0n) is 15.2. The van der Waals surface area contributed by atoms with Crippen molar-refractivity contribution in [2.24, 2.45) is 0 Å². The maximum atomic E-state index is 12.1. The number of carbonyl (C=O) groups is 1. The Bertz CT molecular complexity index is 826. The number of nitrogens with one attached hydrogen (secondary N) is 2. The van der Waals surface area contributed by atoms with E-state index in [0.29, 0.717) is 24.5 Å². The van der Waals surface area contributed by atoms with Crippen molar-refractivity contribution < 1.29 is 9.53 Å². The van der Waals surface area contributed by atoms with Crippen LogP contribution in [0.15, 0.2) is 60.3 Å². The molecule has 2 rings (SSSR count). The summed E-state index contributed by atoms with van der Waals surface area (Å²) in [6, 6.07) is 17.2. The van der Waals surface area contributed by atoms with E-state index in [2.05, 4.69) is 10.6 Å². The molecule has 1 amide bonds. The van der Waals surface area contributed by atoms with Crippen molar-refractivity contribution in [3.8, 4) is 11.8 Å². The van der Waals surface area contributed by atoms with Crippen LogP contribution in [0, 0.1) is 11.3 Å². The van der Waals surface area contributed by atoms with Gasteiger partial charge in [-0.15, -0.1) is 0 Å². The Hall–Kier alpha value is -2.97. The van der Waals surface area contributed by atoms with E-state index in [1.807, 2.05) is 54.6 Å². The van der Waals surface area contributed by atoms with Crippen molar-refractivity contribution >= 4 is 17.5 Å². The van der Waals surface area contributed by atoms with Crippen LogP contribution < -0.4 is 15.4 Å². The first kappa shape index (κ1) is 20.3. The predicted molar refractivity (Wildman–Crippen MR) is 107 cm³/mol. The first-order chi connectivity index (χ1) is 13.1. The number of halogens is 1. The number of methoxy groups -OCH3 is 1. The SMILES string of the molecule is COc1ccc(CCNC(=O)/C(C#N)=C\NCCc2cccc(Cl)c2)cc1. The average Bonchev–Trinajstić information content (AvgIpc) is 2.68. The van der Waals surface area contributed by atoms with E-state index < -0.39 is 0 Å². The second kappa shape index (κ2) is 10.9. The number of nitriles is 1. The number of ether oxygens (including phenoxy) is 1. The van der Waals surface area contributed by atoms with Crippen molar-refractivity contribution in [2.75, 3.05) is 20.2 Å². The summed E-state index contributed by atoms with van der Waals surface area (Å²) in [5, 5.41) is 15.6. The monoisotopic (exact) mass is 383 g/mol. The number of benzene rings is 2. The molecule has 0 heterocycles. The molecule has 0 aromatic heterocycles. The lowest BCUT2D eigenvalue weighted by molar-refractivity contribution is -0.117. The Morgan fingerprint density at radius 2 is 1.89 bits per heavy atom. The second-order valence-corrected chi connectivity index (χ2v) is 6.29. The van der Waals surface area contributed by atoms with Gasteiger partial charge >= 0.3 is 0 Å². The molecular formula is C21H22ClN3O2. The van der Waals surface area contributed by atoms with Crippen LogP contribution in [-0.2, 0) is 17.6 Å². The summed E-state index contributed by atoms with van der Waals surface area (Å²) >= 11 is 5.95. The molecule has 2 aromatic rings. The van der Waals surface area contributed by atoms with E-state index in [1.54, 1.807) is 7.11 Å². The molecule has 0 aliphatic carbocycles. The van der Waals surface area contributed by atoms with E-state index in [0.717, 1.165) is 23.3 Å². The third kappa shape index (κ3) is 7.04. The van der Waals surface area contributed by atoms with Gasteiger partial charge in [-0.05, 0) is 48.2 Å². The molecule has 0 atom stereocenters. The number of nitrogens with zero attached hydrogens (tertiary/aromatic N) is 1. The van der Waals surface area contributed by atoms with Crippen LogP contribution >= 0.6 is 11.6 Å². The lowest BCUT2D eigenvalue weighted by Gasteiger charge is -2.06. The quantitative estimate of drug-likeness (QED) is 0.396. The van der Waals surface area contributed by atoms with E-state index in [-0.39, 0.29) is 11.5 Å². The topological polar surface area (TPSA) is 74.1 Å². The first-order valence-electron chi connectivity index (χ1n) is 8.61. The summed E-state index contributed by atoms with van der Waals surface area (Å²) in [6.45, 7) is 1.05. The van der Waals surface area contributed by atoms with Gasteiger partial charge in [-0.1, -0.05) is 35.9 Å². The van der Waals surface area contributed by atoms with Gasteiger partial charge in [0.2, 0.25) is 0 Å². The molecule has 0 aliphatic rings. The summed E-state index contributed by atoms with van der Waals surface area (Å²) in [6.07, 6.45) is 2.87. The fourth-order valence-electron chi connectivity index (χ4n) is 2.44. The maximum absolute atomic E-state index is 12.1. The Kier molecular flexibility index (Phi) is 8.21.